The van der Waals surface area contributed by atoms with Gasteiger partial charge in [0.15, 0.2) is 0 Å². The lowest BCUT2D eigenvalue weighted by Gasteiger charge is -2.21. The summed E-state index contributed by atoms with van der Waals surface area (Å²) in [5.41, 5.74) is 0.584. The Morgan fingerprint density at radius 3 is 2.38 bits per heavy atom. The fourth-order valence-electron chi connectivity index (χ4n) is 1.29. The highest BCUT2D eigenvalue weighted by Crippen LogP contribution is 2.02. The molecule has 0 aliphatic heterocycles. The quantitative estimate of drug-likeness (QED) is 0.577. The van der Waals surface area contributed by atoms with Crippen molar-refractivity contribution in [1.29, 1.82) is 0 Å². The normalized spacial score (nSPS) is 11.9. The Morgan fingerprint density at radius 1 is 1.25 bits per heavy atom. The first-order valence-electron chi connectivity index (χ1n) is 5.20. The van der Waals surface area contributed by atoms with E-state index < -0.39 is 0 Å². The summed E-state index contributed by atoms with van der Waals surface area (Å²) in [7, 11) is 0. The van der Waals surface area contributed by atoms with E-state index in [4.69, 9.17) is 0 Å². The maximum atomic E-state index is 11.8. The van der Waals surface area contributed by atoms with Crippen molar-refractivity contribution in [2.75, 3.05) is 0 Å². The summed E-state index contributed by atoms with van der Waals surface area (Å²) >= 11 is 0. The van der Waals surface area contributed by atoms with Crippen molar-refractivity contribution < 1.29 is 9.59 Å². The third-order valence-corrected chi connectivity index (χ3v) is 2.24. The van der Waals surface area contributed by atoms with Crippen molar-refractivity contribution in [2.24, 2.45) is 5.92 Å². The molecule has 1 atom stereocenters. The molecule has 0 saturated carbocycles. The van der Waals surface area contributed by atoms with Gasteiger partial charge < -0.3 is 10.6 Å². The van der Waals surface area contributed by atoms with E-state index in [2.05, 4.69) is 10.6 Å². The van der Waals surface area contributed by atoms with Crippen LogP contribution >= 0.6 is 0 Å². The van der Waals surface area contributed by atoms with Crippen LogP contribution in [0, 0.1) is 5.92 Å². The molecule has 4 nitrogen and oxygen atoms in total. The van der Waals surface area contributed by atoms with E-state index in [1.54, 1.807) is 24.3 Å². The smallest absolute Gasteiger partial charge is 0.252 e. The Hall–Kier alpha value is -1.84. The molecule has 4 heteroatoms. The minimum absolute atomic E-state index is 0.137. The van der Waals surface area contributed by atoms with Gasteiger partial charge in [0.05, 0.1) is 0 Å². The molecule has 1 rings (SSSR count). The van der Waals surface area contributed by atoms with Crippen LogP contribution in [-0.2, 0) is 4.79 Å². The summed E-state index contributed by atoms with van der Waals surface area (Å²) in [4.78, 5) is 22.1. The van der Waals surface area contributed by atoms with Crippen molar-refractivity contribution >= 4 is 12.3 Å². The van der Waals surface area contributed by atoms with E-state index in [1.165, 1.54) is 0 Å². The van der Waals surface area contributed by atoms with Gasteiger partial charge in [0.25, 0.3) is 5.91 Å². The number of hydrogen-bond acceptors (Lipinski definition) is 2. The number of hydrogen-bond donors (Lipinski definition) is 2. The van der Waals surface area contributed by atoms with Gasteiger partial charge in [0.1, 0.15) is 6.17 Å². The Balaban J connectivity index is 2.65. The topological polar surface area (TPSA) is 58.2 Å². The second-order valence-electron chi connectivity index (χ2n) is 3.85. The molecule has 0 aliphatic rings. The summed E-state index contributed by atoms with van der Waals surface area (Å²) in [6.07, 6.45) is 0.251. The van der Waals surface area contributed by atoms with Crippen molar-refractivity contribution in [3.05, 3.63) is 35.9 Å². The van der Waals surface area contributed by atoms with Gasteiger partial charge in [0, 0.05) is 5.56 Å². The molecular weight excluding hydrogens is 204 g/mol. The molecule has 0 bridgehead atoms. The first-order chi connectivity index (χ1) is 7.65. The second kappa shape index (κ2) is 5.90. The van der Waals surface area contributed by atoms with Crippen LogP contribution in [0.25, 0.3) is 0 Å². The monoisotopic (exact) mass is 220 g/mol. The summed E-state index contributed by atoms with van der Waals surface area (Å²) in [6, 6.07) is 8.90. The highest BCUT2D eigenvalue weighted by molar-refractivity contribution is 5.94. The molecule has 0 fully saturated rings. The summed E-state index contributed by atoms with van der Waals surface area (Å²) < 4.78 is 0. The third-order valence-electron chi connectivity index (χ3n) is 2.24. The maximum absolute atomic E-state index is 11.8. The molecule has 0 saturated heterocycles. The molecule has 0 spiro atoms. The van der Waals surface area contributed by atoms with Gasteiger partial charge in [-0.15, -0.1) is 0 Å². The summed E-state index contributed by atoms with van der Waals surface area (Å²) in [6.45, 7) is 3.85. The Labute approximate surface area is 95.0 Å². The van der Waals surface area contributed by atoms with Gasteiger partial charge >= 0.3 is 0 Å². The molecular formula is C12H16N2O2. The average Bonchev–Trinajstić information content (AvgIpc) is 2.29. The van der Waals surface area contributed by atoms with Gasteiger partial charge in [-0.1, -0.05) is 32.0 Å². The lowest BCUT2D eigenvalue weighted by molar-refractivity contribution is -0.110. The van der Waals surface area contributed by atoms with Gasteiger partial charge in [-0.3, -0.25) is 9.59 Å². The highest BCUT2D eigenvalue weighted by atomic mass is 16.2. The largest absolute Gasteiger partial charge is 0.338 e. The standard InChI is InChI=1S/C12H16N2O2/c1-9(2)11(13-8-15)14-12(16)10-6-4-3-5-7-10/h3-9,11H,1-2H3,(H,13,15)(H,14,16)/t11-/m0/s1. The van der Waals surface area contributed by atoms with Crippen molar-refractivity contribution in [3.63, 3.8) is 0 Å². The SMILES string of the molecule is CC(C)[C@@H](NC=O)NC(=O)c1ccccc1. The number of nitrogens with one attached hydrogen (secondary N) is 2. The van der Waals surface area contributed by atoms with E-state index >= 15 is 0 Å². The first kappa shape index (κ1) is 12.2. The van der Waals surface area contributed by atoms with Crippen LogP contribution in [0.5, 0.6) is 0 Å². The molecule has 1 aromatic carbocycles. The van der Waals surface area contributed by atoms with Crippen LogP contribution in [0.1, 0.15) is 24.2 Å². The van der Waals surface area contributed by atoms with Crippen LogP contribution in [0.3, 0.4) is 0 Å². The fraction of sp³-hybridized carbons (Fsp3) is 0.333. The number of amides is 2. The summed E-state index contributed by atoms with van der Waals surface area (Å²) in [5, 5.41) is 5.32. The fourth-order valence-corrected chi connectivity index (χ4v) is 1.29. The predicted octanol–water partition coefficient (Wildman–Crippen LogP) is 1.14. The number of rotatable bonds is 5. The van der Waals surface area contributed by atoms with Crippen molar-refractivity contribution in [3.8, 4) is 0 Å². The maximum Gasteiger partial charge on any atom is 0.252 e. The molecule has 2 N–H and O–H groups in total. The van der Waals surface area contributed by atoms with E-state index in [0.717, 1.165) is 0 Å². The molecule has 0 radical (unpaired) electrons. The third kappa shape index (κ3) is 3.38. The van der Waals surface area contributed by atoms with Gasteiger partial charge in [-0.05, 0) is 18.1 Å². The molecule has 86 valence electrons. The van der Waals surface area contributed by atoms with Crippen molar-refractivity contribution in [2.45, 2.75) is 20.0 Å². The first-order valence-corrected chi connectivity index (χ1v) is 5.20. The van der Waals surface area contributed by atoms with E-state index in [-0.39, 0.29) is 18.0 Å². The Kier molecular flexibility index (Phi) is 4.51. The van der Waals surface area contributed by atoms with Crippen LogP contribution in [0.2, 0.25) is 0 Å². The molecule has 0 unspecified atom stereocenters. The number of carbonyl (C=O) groups is 2. The van der Waals surface area contributed by atoms with Crippen LogP contribution in [0.15, 0.2) is 30.3 Å². The molecule has 0 aliphatic carbocycles. The van der Waals surface area contributed by atoms with Crippen LogP contribution in [0.4, 0.5) is 0 Å². The van der Waals surface area contributed by atoms with E-state index in [1.807, 2.05) is 19.9 Å². The minimum atomic E-state index is -0.342. The van der Waals surface area contributed by atoms with Crippen molar-refractivity contribution in [1.82, 2.24) is 10.6 Å². The van der Waals surface area contributed by atoms with E-state index in [9.17, 15) is 9.59 Å². The van der Waals surface area contributed by atoms with Gasteiger partial charge in [0.2, 0.25) is 6.41 Å². The molecule has 0 heterocycles. The Morgan fingerprint density at radius 2 is 1.88 bits per heavy atom. The number of benzene rings is 1. The average molecular weight is 220 g/mol. The minimum Gasteiger partial charge on any atom is -0.338 e. The number of carbonyl (C=O) groups excluding carboxylic acids is 2. The molecule has 16 heavy (non-hydrogen) atoms. The lowest BCUT2D eigenvalue weighted by atomic mass is 10.1. The summed E-state index contributed by atoms with van der Waals surface area (Å²) in [5.74, 6) is -0.0495. The van der Waals surface area contributed by atoms with E-state index in [0.29, 0.717) is 12.0 Å². The Bertz CT molecular complexity index is 349. The zero-order chi connectivity index (χ0) is 12.0. The van der Waals surface area contributed by atoms with Gasteiger partial charge in [-0.2, -0.15) is 0 Å². The molecule has 1 aromatic rings. The molecule has 0 aromatic heterocycles. The van der Waals surface area contributed by atoms with Gasteiger partial charge in [-0.25, -0.2) is 0 Å². The lowest BCUT2D eigenvalue weighted by Crippen LogP contribution is -2.48. The molecule has 2 amide bonds. The second-order valence-corrected chi connectivity index (χ2v) is 3.85. The van der Waals surface area contributed by atoms with Crippen LogP contribution < -0.4 is 10.6 Å². The van der Waals surface area contributed by atoms with Crippen LogP contribution in [-0.4, -0.2) is 18.5 Å². The predicted molar refractivity (Wildman–Crippen MR) is 61.7 cm³/mol. The highest BCUT2D eigenvalue weighted by Gasteiger charge is 2.15. The zero-order valence-corrected chi connectivity index (χ0v) is 9.44. The zero-order valence-electron chi connectivity index (χ0n) is 9.44.